The van der Waals surface area contributed by atoms with Gasteiger partial charge < -0.3 is 19.4 Å². The summed E-state index contributed by atoms with van der Waals surface area (Å²) < 4.78 is 10.5. The van der Waals surface area contributed by atoms with E-state index in [1.54, 1.807) is 19.2 Å². The number of nitrogens with zero attached hydrogens (tertiary/aromatic N) is 1. The van der Waals surface area contributed by atoms with Crippen molar-refractivity contribution in [1.82, 2.24) is 10.2 Å². The first-order chi connectivity index (χ1) is 8.76. The van der Waals surface area contributed by atoms with E-state index in [9.17, 15) is 4.79 Å². The molecule has 1 fully saturated rings. The summed E-state index contributed by atoms with van der Waals surface area (Å²) in [6, 6.07) is 3.80. The minimum atomic E-state index is -0.0184. The molecule has 5 nitrogen and oxygen atoms in total. The van der Waals surface area contributed by atoms with Crippen molar-refractivity contribution in [3.05, 3.63) is 23.7 Å². The molecule has 1 saturated heterocycles. The lowest BCUT2D eigenvalue weighted by molar-refractivity contribution is 0.0697. The Labute approximate surface area is 107 Å². The van der Waals surface area contributed by atoms with Crippen molar-refractivity contribution in [3.8, 4) is 0 Å². The molecule has 1 aromatic heterocycles. The van der Waals surface area contributed by atoms with Gasteiger partial charge >= 0.3 is 0 Å². The smallest absolute Gasteiger partial charge is 0.289 e. The van der Waals surface area contributed by atoms with Crippen LogP contribution in [0.2, 0.25) is 0 Å². The van der Waals surface area contributed by atoms with Crippen LogP contribution in [0.3, 0.4) is 0 Å². The molecule has 0 spiro atoms. The van der Waals surface area contributed by atoms with Crippen LogP contribution in [0.1, 0.15) is 29.2 Å². The summed E-state index contributed by atoms with van der Waals surface area (Å²) in [5.74, 6) is 1.07. The summed E-state index contributed by atoms with van der Waals surface area (Å²) in [6.45, 7) is 2.04. The van der Waals surface area contributed by atoms with E-state index in [0.29, 0.717) is 18.1 Å². The quantitative estimate of drug-likeness (QED) is 0.857. The van der Waals surface area contributed by atoms with Crippen LogP contribution >= 0.6 is 0 Å². The van der Waals surface area contributed by atoms with Crippen molar-refractivity contribution in [1.29, 1.82) is 0 Å². The lowest BCUT2D eigenvalue weighted by Gasteiger charge is -2.23. The van der Waals surface area contributed by atoms with Gasteiger partial charge in [-0.15, -0.1) is 0 Å². The molecule has 100 valence electrons. The topological polar surface area (TPSA) is 54.7 Å². The second-order valence-electron chi connectivity index (χ2n) is 4.55. The molecular weight excluding hydrogens is 232 g/mol. The van der Waals surface area contributed by atoms with E-state index in [0.717, 1.165) is 25.9 Å². The number of carbonyl (C=O) groups excluding carboxylic acids is 1. The molecule has 0 radical (unpaired) electrons. The number of methoxy groups -OCH3 is 1. The van der Waals surface area contributed by atoms with E-state index in [4.69, 9.17) is 9.15 Å². The van der Waals surface area contributed by atoms with E-state index in [1.165, 1.54) is 0 Å². The Morgan fingerprint density at radius 1 is 1.61 bits per heavy atom. The van der Waals surface area contributed by atoms with Gasteiger partial charge in [0.05, 0.1) is 0 Å². The number of amides is 1. The van der Waals surface area contributed by atoms with Gasteiger partial charge in [0.1, 0.15) is 12.4 Å². The highest BCUT2D eigenvalue weighted by Crippen LogP contribution is 2.20. The number of hydrogen-bond donors (Lipinski definition) is 1. The molecule has 2 rings (SSSR count). The van der Waals surface area contributed by atoms with Crippen LogP contribution in [0.25, 0.3) is 0 Å². The molecule has 1 aliphatic heterocycles. The van der Waals surface area contributed by atoms with Gasteiger partial charge in [0.2, 0.25) is 0 Å². The van der Waals surface area contributed by atoms with Crippen molar-refractivity contribution in [2.45, 2.75) is 25.5 Å². The van der Waals surface area contributed by atoms with Crippen molar-refractivity contribution >= 4 is 5.91 Å². The number of likely N-dealkylation sites (N-methyl/N-ethyl adjacent to an activating group) is 1. The lowest BCUT2D eigenvalue weighted by atomic mass is 10.2. The van der Waals surface area contributed by atoms with E-state index in [-0.39, 0.29) is 11.9 Å². The van der Waals surface area contributed by atoms with Crippen LogP contribution in [0.15, 0.2) is 16.5 Å². The van der Waals surface area contributed by atoms with Crippen molar-refractivity contribution in [3.63, 3.8) is 0 Å². The molecule has 2 heterocycles. The molecule has 1 atom stereocenters. The Kier molecular flexibility index (Phi) is 4.38. The second-order valence-corrected chi connectivity index (χ2v) is 4.55. The molecule has 5 heteroatoms. The fourth-order valence-corrected chi connectivity index (χ4v) is 2.41. The minimum Gasteiger partial charge on any atom is -0.453 e. The molecule has 1 N–H and O–H groups in total. The summed E-state index contributed by atoms with van der Waals surface area (Å²) in [5.41, 5.74) is 0. The minimum absolute atomic E-state index is 0.0184. The zero-order valence-corrected chi connectivity index (χ0v) is 10.9. The highest BCUT2D eigenvalue weighted by molar-refractivity contribution is 5.92. The van der Waals surface area contributed by atoms with Gasteiger partial charge in [0.15, 0.2) is 5.76 Å². The van der Waals surface area contributed by atoms with Crippen LogP contribution in [-0.4, -0.2) is 44.1 Å². The van der Waals surface area contributed by atoms with E-state index < -0.39 is 0 Å². The van der Waals surface area contributed by atoms with Crippen molar-refractivity contribution < 1.29 is 13.9 Å². The third-order valence-electron chi connectivity index (χ3n) is 3.24. The van der Waals surface area contributed by atoms with Crippen LogP contribution < -0.4 is 5.32 Å². The van der Waals surface area contributed by atoms with Crippen molar-refractivity contribution in [2.75, 3.05) is 27.2 Å². The lowest BCUT2D eigenvalue weighted by Crippen LogP contribution is -2.40. The van der Waals surface area contributed by atoms with Gasteiger partial charge in [-0.2, -0.15) is 0 Å². The maximum atomic E-state index is 12.3. The Morgan fingerprint density at radius 2 is 2.44 bits per heavy atom. The highest BCUT2D eigenvalue weighted by atomic mass is 16.5. The zero-order valence-electron chi connectivity index (χ0n) is 10.9. The Bertz CT molecular complexity index is 403. The van der Waals surface area contributed by atoms with Gasteiger partial charge in [0.25, 0.3) is 5.91 Å². The summed E-state index contributed by atoms with van der Waals surface area (Å²) in [5, 5.41) is 3.13. The Morgan fingerprint density at radius 3 is 3.17 bits per heavy atom. The van der Waals surface area contributed by atoms with E-state index in [1.807, 2.05) is 11.9 Å². The third-order valence-corrected chi connectivity index (χ3v) is 3.24. The fraction of sp³-hybridized carbons (Fsp3) is 0.615. The zero-order chi connectivity index (χ0) is 13.0. The molecule has 1 amide bonds. The average Bonchev–Trinajstić information content (AvgIpc) is 2.98. The molecular formula is C13H20N2O3. The number of hydrogen-bond acceptors (Lipinski definition) is 4. The van der Waals surface area contributed by atoms with Gasteiger partial charge in [-0.1, -0.05) is 0 Å². The number of likely N-dealkylation sites (tertiary alicyclic amines) is 1. The van der Waals surface area contributed by atoms with Gasteiger partial charge in [-0.05, 0) is 32.0 Å². The first-order valence-electron chi connectivity index (χ1n) is 6.29. The van der Waals surface area contributed by atoms with Crippen LogP contribution in [-0.2, 0) is 11.3 Å². The van der Waals surface area contributed by atoms with Crippen LogP contribution in [0.4, 0.5) is 0 Å². The molecule has 0 saturated carbocycles. The van der Waals surface area contributed by atoms with E-state index in [2.05, 4.69) is 5.32 Å². The molecule has 1 aromatic rings. The maximum absolute atomic E-state index is 12.3. The number of nitrogens with one attached hydrogen (secondary N) is 1. The third kappa shape index (κ3) is 2.73. The molecule has 0 aromatic carbocycles. The van der Waals surface area contributed by atoms with Crippen LogP contribution in [0.5, 0.6) is 0 Å². The van der Waals surface area contributed by atoms with Gasteiger partial charge in [0, 0.05) is 26.2 Å². The SMILES string of the molecule is CNCC1CCCN1C(=O)c1ccc(COC)o1. The summed E-state index contributed by atoms with van der Waals surface area (Å²) in [4.78, 5) is 14.2. The van der Waals surface area contributed by atoms with Crippen molar-refractivity contribution in [2.24, 2.45) is 0 Å². The predicted octanol–water partition coefficient (Wildman–Crippen LogP) is 1.25. The molecule has 0 aliphatic carbocycles. The number of rotatable bonds is 5. The van der Waals surface area contributed by atoms with Crippen LogP contribution in [0, 0.1) is 0 Å². The summed E-state index contributed by atoms with van der Waals surface area (Å²) in [6.07, 6.45) is 2.11. The standard InChI is InChI=1S/C13H20N2O3/c1-14-8-10-4-3-7-15(10)13(16)12-6-5-11(18-12)9-17-2/h5-6,10,14H,3-4,7-9H2,1-2H3. The summed E-state index contributed by atoms with van der Waals surface area (Å²) in [7, 11) is 3.51. The largest absolute Gasteiger partial charge is 0.453 e. The van der Waals surface area contributed by atoms with Gasteiger partial charge in [-0.25, -0.2) is 0 Å². The van der Waals surface area contributed by atoms with Gasteiger partial charge in [-0.3, -0.25) is 4.79 Å². The molecule has 18 heavy (non-hydrogen) atoms. The second kappa shape index (κ2) is 6.02. The number of carbonyl (C=O) groups is 1. The fourth-order valence-electron chi connectivity index (χ4n) is 2.41. The number of ether oxygens (including phenoxy) is 1. The normalized spacial score (nSPS) is 19.4. The van der Waals surface area contributed by atoms with E-state index >= 15 is 0 Å². The first-order valence-corrected chi connectivity index (χ1v) is 6.29. The molecule has 1 aliphatic rings. The Balaban J connectivity index is 2.05. The summed E-state index contributed by atoms with van der Waals surface area (Å²) >= 11 is 0. The first kappa shape index (κ1) is 13.1. The molecule has 1 unspecified atom stereocenters. The Hall–Kier alpha value is -1.33. The molecule has 0 bridgehead atoms. The maximum Gasteiger partial charge on any atom is 0.289 e. The predicted molar refractivity (Wildman–Crippen MR) is 67.4 cm³/mol. The average molecular weight is 252 g/mol. The highest BCUT2D eigenvalue weighted by Gasteiger charge is 2.30. The monoisotopic (exact) mass is 252 g/mol. The number of furan rings is 1.